The molecule has 1 atom stereocenters. The third-order valence-electron chi connectivity index (χ3n) is 3.82. The Balaban J connectivity index is 2.71. The third kappa shape index (κ3) is 3.91. The van der Waals surface area contributed by atoms with Crippen molar-refractivity contribution in [1.82, 2.24) is 5.32 Å². The van der Waals surface area contributed by atoms with E-state index in [9.17, 15) is 14.4 Å². The lowest BCUT2D eigenvalue weighted by Crippen LogP contribution is -2.31. The predicted molar refractivity (Wildman–Crippen MR) is 93.8 cm³/mol. The van der Waals surface area contributed by atoms with E-state index in [-0.39, 0.29) is 18.8 Å². The summed E-state index contributed by atoms with van der Waals surface area (Å²) < 4.78 is 24.3. The molecule has 1 heterocycles. The van der Waals surface area contributed by atoms with Gasteiger partial charge in [-0.3, -0.25) is 0 Å². The number of ether oxygens (including phenoxy) is 2. The molecule has 5 nitrogen and oxygen atoms in total. The molecular formula is C18H18BrFN2O3. The molecule has 1 aromatic carbocycles. The SMILES string of the molecule is CCOC(=O)C1=C(COC)NC(C)=C(C#N)C1c1ccc(F)cc1Br. The lowest BCUT2D eigenvalue weighted by atomic mass is 9.81. The number of methoxy groups -OCH3 is 1. The molecule has 2 rings (SSSR count). The number of nitriles is 1. The zero-order chi connectivity index (χ0) is 18.6. The molecule has 0 saturated heterocycles. The van der Waals surface area contributed by atoms with Gasteiger partial charge in [-0.05, 0) is 31.5 Å². The minimum Gasteiger partial charge on any atom is -0.463 e. The van der Waals surface area contributed by atoms with Crippen LogP contribution in [0.1, 0.15) is 25.3 Å². The van der Waals surface area contributed by atoms with E-state index in [1.165, 1.54) is 19.2 Å². The van der Waals surface area contributed by atoms with Gasteiger partial charge in [0, 0.05) is 17.3 Å². The van der Waals surface area contributed by atoms with E-state index in [2.05, 4.69) is 27.3 Å². The Bertz CT molecular complexity index is 796. The number of halogens is 2. The van der Waals surface area contributed by atoms with Crippen LogP contribution < -0.4 is 5.32 Å². The highest BCUT2D eigenvalue weighted by atomic mass is 79.9. The molecule has 7 heteroatoms. The van der Waals surface area contributed by atoms with Gasteiger partial charge < -0.3 is 14.8 Å². The maximum absolute atomic E-state index is 13.5. The summed E-state index contributed by atoms with van der Waals surface area (Å²) in [6.07, 6.45) is 0. The fourth-order valence-electron chi connectivity index (χ4n) is 2.80. The number of dihydropyridines is 1. The fraction of sp³-hybridized carbons (Fsp3) is 0.333. The normalized spacial score (nSPS) is 17.2. The fourth-order valence-corrected chi connectivity index (χ4v) is 3.38. The second-order valence-electron chi connectivity index (χ2n) is 5.42. The van der Waals surface area contributed by atoms with Crippen molar-refractivity contribution < 1.29 is 18.7 Å². The minimum absolute atomic E-state index is 0.152. The van der Waals surface area contributed by atoms with E-state index >= 15 is 0 Å². The van der Waals surface area contributed by atoms with E-state index in [1.807, 2.05) is 0 Å². The highest BCUT2D eigenvalue weighted by molar-refractivity contribution is 9.10. The molecule has 0 spiro atoms. The molecule has 1 unspecified atom stereocenters. The Morgan fingerprint density at radius 3 is 2.76 bits per heavy atom. The number of rotatable bonds is 5. The first kappa shape index (κ1) is 19.2. The smallest absolute Gasteiger partial charge is 0.336 e. The number of benzene rings is 1. The number of allylic oxidation sites excluding steroid dienone is 2. The minimum atomic E-state index is -0.676. The summed E-state index contributed by atoms with van der Waals surface area (Å²) in [5.74, 6) is -1.63. The Labute approximate surface area is 154 Å². The van der Waals surface area contributed by atoms with Gasteiger partial charge in [-0.15, -0.1) is 0 Å². The van der Waals surface area contributed by atoms with Gasteiger partial charge in [0.2, 0.25) is 0 Å². The Morgan fingerprint density at radius 1 is 1.48 bits per heavy atom. The van der Waals surface area contributed by atoms with Gasteiger partial charge in [0.1, 0.15) is 5.82 Å². The Morgan fingerprint density at radius 2 is 2.20 bits per heavy atom. The number of nitrogens with one attached hydrogen (secondary N) is 1. The maximum atomic E-state index is 13.5. The zero-order valence-corrected chi connectivity index (χ0v) is 15.7. The molecule has 1 aliphatic heterocycles. The molecule has 1 N–H and O–H groups in total. The quantitative estimate of drug-likeness (QED) is 0.754. The van der Waals surface area contributed by atoms with Crippen LogP contribution in [0, 0.1) is 17.1 Å². The highest BCUT2D eigenvalue weighted by Crippen LogP contribution is 2.41. The Kier molecular flexibility index (Phi) is 6.34. The number of carbonyl (C=O) groups excluding carboxylic acids is 1. The molecule has 132 valence electrons. The summed E-state index contributed by atoms with van der Waals surface area (Å²) in [4.78, 5) is 12.6. The van der Waals surface area contributed by atoms with Gasteiger partial charge in [0.15, 0.2) is 0 Å². The lowest BCUT2D eigenvalue weighted by molar-refractivity contribution is -0.138. The molecule has 0 radical (unpaired) electrons. The number of hydrogen-bond donors (Lipinski definition) is 1. The van der Waals surface area contributed by atoms with Gasteiger partial charge in [0.05, 0.1) is 42.0 Å². The van der Waals surface area contributed by atoms with Gasteiger partial charge in [-0.2, -0.15) is 5.26 Å². The first-order chi connectivity index (χ1) is 11.9. The van der Waals surface area contributed by atoms with E-state index in [4.69, 9.17) is 9.47 Å². The molecular weight excluding hydrogens is 391 g/mol. The summed E-state index contributed by atoms with van der Waals surface area (Å²) in [6, 6.07) is 6.32. The van der Waals surface area contributed by atoms with Crippen LogP contribution in [-0.4, -0.2) is 26.3 Å². The van der Waals surface area contributed by atoms with Crippen LogP contribution in [-0.2, 0) is 14.3 Å². The summed E-state index contributed by atoms with van der Waals surface area (Å²) in [5.41, 5.74) is 2.41. The number of nitrogens with zero attached hydrogens (tertiary/aromatic N) is 1. The van der Waals surface area contributed by atoms with Crippen molar-refractivity contribution in [3.05, 3.63) is 56.6 Å². The Hall–Kier alpha value is -2.17. The lowest BCUT2D eigenvalue weighted by Gasteiger charge is -2.30. The average Bonchev–Trinajstić information content (AvgIpc) is 2.55. The summed E-state index contributed by atoms with van der Waals surface area (Å²) in [6.45, 7) is 3.81. The van der Waals surface area contributed by atoms with Crippen LogP contribution >= 0.6 is 15.9 Å². The standard InChI is InChI=1S/C18H18BrFN2O3/c1-4-25-18(23)17-15(9-24-3)22-10(2)13(8-21)16(17)12-6-5-11(20)7-14(12)19/h5-7,16,22H,4,9H2,1-3H3. The van der Waals surface area contributed by atoms with Crippen LogP contribution in [0.25, 0.3) is 0 Å². The second-order valence-corrected chi connectivity index (χ2v) is 6.27. The van der Waals surface area contributed by atoms with Crippen molar-refractivity contribution in [1.29, 1.82) is 5.26 Å². The van der Waals surface area contributed by atoms with E-state index in [0.717, 1.165) is 0 Å². The van der Waals surface area contributed by atoms with Crippen LogP contribution in [0.5, 0.6) is 0 Å². The van der Waals surface area contributed by atoms with Crippen molar-refractivity contribution in [3.8, 4) is 6.07 Å². The van der Waals surface area contributed by atoms with Crippen LogP contribution in [0.3, 0.4) is 0 Å². The molecule has 25 heavy (non-hydrogen) atoms. The topological polar surface area (TPSA) is 71.3 Å². The van der Waals surface area contributed by atoms with Gasteiger partial charge in [-0.1, -0.05) is 22.0 Å². The van der Waals surface area contributed by atoms with Crippen molar-refractivity contribution in [2.75, 3.05) is 20.3 Å². The van der Waals surface area contributed by atoms with E-state index in [1.54, 1.807) is 19.9 Å². The summed E-state index contributed by atoms with van der Waals surface area (Å²) >= 11 is 3.34. The number of carbonyl (C=O) groups is 1. The van der Waals surface area contributed by atoms with Crippen LogP contribution in [0.15, 0.2) is 45.2 Å². The largest absolute Gasteiger partial charge is 0.463 e. The molecule has 0 aliphatic carbocycles. The number of esters is 1. The van der Waals surface area contributed by atoms with Crippen molar-refractivity contribution in [3.63, 3.8) is 0 Å². The van der Waals surface area contributed by atoms with Gasteiger partial charge in [-0.25, -0.2) is 9.18 Å². The van der Waals surface area contributed by atoms with Gasteiger partial charge in [0.25, 0.3) is 0 Å². The van der Waals surface area contributed by atoms with Crippen molar-refractivity contribution in [2.45, 2.75) is 19.8 Å². The summed E-state index contributed by atoms with van der Waals surface area (Å²) in [5, 5.41) is 12.7. The molecule has 0 amide bonds. The van der Waals surface area contributed by atoms with Crippen LogP contribution in [0.2, 0.25) is 0 Å². The third-order valence-corrected chi connectivity index (χ3v) is 4.51. The molecule has 0 aromatic heterocycles. The predicted octanol–water partition coefficient (Wildman–Crippen LogP) is 3.54. The van der Waals surface area contributed by atoms with Crippen LogP contribution in [0.4, 0.5) is 4.39 Å². The highest BCUT2D eigenvalue weighted by Gasteiger charge is 2.36. The van der Waals surface area contributed by atoms with Crippen molar-refractivity contribution >= 4 is 21.9 Å². The molecule has 1 aromatic rings. The maximum Gasteiger partial charge on any atom is 0.336 e. The van der Waals surface area contributed by atoms with Gasteiger partial charge >= 0.3 is 5.97 Å². The summed E-state index contributed by atoms with van der Waals surface area (Å²) in [7, 11) is 1.51. The molecule has 0 fully saturated rings. The van der Waals surface area contributed by atoms with E-state index in [0.29, 0.717) is 27.0 Å². The van der Waals surface area contributed by atoms with Crippen molar-refractivity contribution in [2.24, 2.45) is 0 Å². The number of hydrogen-bond acceptors (Lipinski definition) is 5. The first-order valence-corrected chi connectivity index (χ1v) is 8.45. The first-order valence-electron chi connectivity index (χ1n) is 7.66. The average molecular weight is 409 g/mol. The molecule has 1 aliphatic rings. The van der Waals surface area contributed by atoms with E-state index < -0.39 is 17.7 Å². The monoisotopic (exact) mass is 408 g/mol. The molecule has 0 saturated carbocycles. The zero-order valence-electron chi connectivity index (χ0n) is 14.2. The molecule has 0 bridgehead atoms. The second kappa shape index (κ2) is 8.28.